The minimum absolute atomic E-state index is 0.0974. The molecular formula is C11H6BrClN2O3. The van der Waals surface area contributed by atoms with Crippen LogP contribution in [0.15, 0.2) is 34.9 Å². The van der Waals surface area contributed by atoms with Crippen molar-refractivity contribution in [3.63, 3.8) is 0 Å². The second-order valence-electron chi connectivity index (χ2n) is 3.48. The average Bonchev–Trinajstić information content (AvgIpc) is 2.75. The van der Waals surface area contributed by atoms with E-state index in [9.17, 15) is 14.9 Å². The van der Waals surface area contributed by atoms with Gasteiger partial charge in [0.15, 0.2) is 0 Å². The quantitative estimate of drug-likeness (QED) is 0.531. The van der Waals surface area contributed by atoms with E-state index < -0.39 is 10.7 Å². The third-order valence-corrected chi connectivity index (χ3v) is 3.09. The smallest absolute Gasteiger partial charge is 0.270 e. The summed E-state index contributed by atoms with van der Waals surface area (Å²) < 4.78 is 0.715. The third kappa shape index (κ3) is 2.44. The number of halogens is 2. The molecule has 1 N–H and O–H groups in total. The van der Waals surface area contributed by atoms with E-state index in [1.807, 2.05) is 0 Å². The maximum Gasteiger partial charge on any atom is 0.270 e. The normalized spacial score (nSPS) is 10.3. The summed E-state index contributed by atoms with van der Waals surface area (Å²) in [4.78, 5) is 24.9. The summed E-state index contributed by atoms with van der Waals surface area (Å²) in [6.45, 7) is 0. The van der Waals surface area contributed by atoms with Crippen LogP contribution in [-0.4, -0.2) is 15.7 Å². The largest absolute Gasteiger partial charge is 0.357 e. The number of benzene rings is 1. The van der Waals surface area contributed by atoms with Crippen molar-refractivity contribution in [2.75, 3.05) is 0 Å². The zero-order valence-electron chi connectivity index (χ0n) is 8.81. The van der Waals surface area contributed by atoms with E-state index in [4.69, 9.17) is 11.6 Å². The highest BCUT2D eigenvalue weighted by atomic mass is 79.9. The molecule has 0 fully saturated rings. The van der Waals surface area contributed by atoms with Crippen LogP contribution in [0.2, 0.25) is 5.02 Å². The number of nitro groups is 1. The number of carbonyl (C=O) groups excluding carboxylic acids is 1. The minimum atomic E-state index is -0.572. The molecule has 0 aliphatic heterocycles. The Labute approximate surface area is 115 Å². The number of non-ortho nitro benzene ring substituents is 1. The van der Waals surface area contributed by atoms with Crippen LogP contribution in [0, 0.1) is 10.1 Å². The first-order valence-electron chi connectivity index (χ1n) is 4.81. The summed E-state index contributed by atoms with van der Waals surface area (Å²) >= 11 is 9.09. The van der Waals surface area contributed by atoms with Crippen molar-refractivity contribution in [2.45, 2.75) is 0 Å². The number of aromatic nitrogens is 1. The SMILES string of the molecule is O=C(c1cc(Br)c[nH]1)c1cc([N+](=O)[O-])ccc1Cl. The molecule has 0 spiro atoms. The molecule has 2 aromatic rings. The molecule has 7 heteroatoms. The van der Waals surface area contributed by atoms with Crippen LogP contribution < -0.4 is 0 Å². The predicted molar refractivity (Wildman–Crippen MR) is 70.0 cm³/mol. The van der Waals surface area contributed by atoms with Gasteiger partial charge < -0.3 is 4.98 Å². The lowest BCUT2D eigenvalue weighted by Crippen LogP contribution is -2.03. The predicted octanol–water partition coefficient (Wildman–Crippen LogP) is 3.57. The van der Waals surface area contributed by atoms with E-state index in [2.05, 4.69) is 20.9 Å². The van der Waals surface area contributed by atoms with E-state index in [1.165, 1.54) is 18.2 Å². The van der Waals surface area contributed by atoms with Gasteiger partial charge in [-0.25, -0.2) is 0 Å². The summed E-state index contributed by atoms with van der Waals surface area (Å²) in [6, 6.07) is 5.34. The second kappa shape index (κ2) is 4.91. The molecule has 0 amide bonds. The Balaban J connectivity index is 2.47. The number of aromatic amines is 1. The number of nitro benzene ring substituents is 1. The molecule has 2 rings (SSSR count). The molecule has 0 saturated carbocycles. The van der Waals surface area contributed by atoms with Gasteiger partial charge in [0.1, 0.15) is 0 Å². The van der Waals surface area contributed by atoms with Crippen LogP contribution in [0.3, 0.4) is 0 Å². The van der Waals surface area contributed by atoms with Crippen LogP contribution in [0.5, 0.6) is 0 Å². The average molecular weight is 330 g/mol. The molecule has 0 saturated heterocycles. The van der Waals surface area contributed by atoms with Crippen molar-refractivity contribution in [3.05, 3.63) is 61.3 Å². The monoisotopic (exact) mass is 328 g/mol. The van der Waals surface area contributed by atoms with Crippen LogP contribution in [-0.2, 0) is 0 Å². The van der Waals surface area contributed by atoms with E-state index >= 15 is 0 Å². The molecule has 5 nitrogen and oxygen atoms in total. The molecule has 1 aromatic carbocycles. The van der Waals surface area contributed by atoms with Crippen LogP contribution in [0.1, 0.15) is 16.1 Å². The highest BCUT2D eigenvalue weighted by molar-refractivity contribution is 9.10. The van der Waals surface area contributed by atoms with Crippen molar-refractivity contribution in [1.82, 2.24) is 4.98 Å². The number of hydrogen-bond acceptors (Lipinski definition) is 3. The van der Waals surface area contributed by atoms with Gasteiger partial charge in [-0.3, -0.25) is 14.9 Å². The van der Waals surface area contributed by atoms with Gasteiger partial charge in [-0.05, 0) is 28.1 Å². The lowest BCUT2D eigenvalue weighted by atomic mass is 10.1. The number of H-pyrrole nitrogens is 1. The van der Waals surface area contributed by atoms with E-state index in [-0.39, 0.29) is 16.3 Å². The van der Waals surface area contributed by atoms with Gasteiger partial charge in [0.05, 0.1) is 15.6 Å². The summed E-state index contributed by atoms with van der Waals surface area (Å²) in [7, 11) is 0. The first-order valence-corrected chi connectivity index (χ1v) is 5.98. The lowest BCUT2D eigenvalue weighted by Gasteiger charge is -2.01. The lowest BCUT2D eigenvalue weighted by molar-refractivity contribution is -0.384. The van der Waals surface area contributed by atoms with Gasteiger partial charge in [-0.15, -0.1) is 0 Å². The number of carbonyl (C=O) groups is 1. The van der Waals surface area contributed by atoms with Gasteiger partial charge >= 0.3 is 0 Å². The summed E-state index contributed by atoms with van der Waals surface area (Å²) in [5.41, 5.74) is 0.234. The van der Waals surface area contributed by atoms with Gasteiger partial charge in [0.2, 0.25) is 5.78 Å². The summed E-state index contributed by atoms with van der Waals surface area (Å²) in [5, 5.41) is 10.8. The van der Waals surface area contributed by atoms with Crippen LogP contribution in [0.4, 0.5) is 5.69 Å². The molecule has 0 aliphatic rings. The maximum absolute atomic E-state index is 12.1. The standard InChI is InChI=1S/C11H6BrClN2O3/c12-6-3-10(14-5-6)11(16)8-4-7(15(17)18)1-2-9(8)13/h1-5,14H. The first-order chi connectivity index (χ1) is 8.49. The van der Waals surface area contributed by atoms with Crippen molar-refractivity contribution >= 4 is 39.0 Å². The van der Waals surface area contributed by atoms with E-state index in [0.717, 1.165) is 0 Å². The van der Waals surface area contributed by atoms with Crippen molar-refractivity contribution < 1.29 is 9.72 Å². The van der Waals surface area contributed by atoms with E-state index in [0.29, 0.717) is 10.2 Å². The first kappa shape index (κ1) is 12.8. The fraction of sp³-hybridized carbons (Fsp3) is 0. The summed E-state index contributed by atoms with van der Waals surface area (Å²) in [6.07, 6.45) is 1.60. The number of ketones is 1. The second-order valence-corrected chi connectivity index (χ2v) is 4.80. The zero-order valence-corrected chi connectivity index (χ0v) is 11.2. The maximum atomic E-state index is 12.1. The molecular weight excluding hydrogens is 323 g/mol. The number of nitrogens with one attached hydrogen (secondary N) is 1. The number of nitrogens with zero attached hydrogens (tertiary/aromatic N) is 1. The Kier molecular flexibility index (Phi) is 3.49. The van der Waals surface area contributed by atoms with Gasteiger partial charge in [0.25, 0.3) is 5.69 Å². The number of hydrogen-bond donors (Lipinski definition) is 1. The minimum Gasteiger partial charge on any atom is -0.357 e. The topological polar surface area (TPSA) is 76.0 Å². The molecule has 0 atom stereocenters. The molecule has 0 aliphatic carbocycles. The molecule has 92 valence electrons. The Hall–Kier alpha value is -1.66. The van der Waals surface area contributed by atoms with Crippen molar-refractivity contribution in [1.29, 1.82) is 0 Å². The molecule has 0 radical (unpaired) electrons. The third-order valence-electron chi connectivity index (χ3n) is 2.30. The molecule has 1 aromatic heterocycles. The Morgan fingerprint density at radius 2 is 2.11 bits per heavy atom. The molecule has 0 bridgehead atoms. The highest BCUT2D eigenvalue weighted by Gasteiger charge is 2.18. The van der Waals surface area contributed by atoms with Crippen molar-refractivity contribution in [3.8, 4) is 0 Å². The van der Waals surface area contributed by atoms with Gasteiger partial charge in [-0.1, -0.05) is 11.6 Å². The van der Waals surface area contributed by atoms with Gasteiger partial charge in [0, 0.05) is 28.4 Å². The number of rotatable bonds is 3. The van der Waals surface area contributed by atoms with Gasteiger partial charge in [-0.2, -0.15) is 0 Å². The molecule has 1 heterocycles. The van der Waals surface area contributed by atoms with Crippen molar-refractivity contribution in [2.24, 2.45) is 0 Å². The van der Waals surface area contributed by atoms with Crippen LogP contribution in [0.25, 0.3) is 0 Å². The summed E-state index contributed by atoms with van der Waals surface area (Å²) in [5.74, 6) is -0.394. The Morgan fingerprint density at radius 3 is 2.67 bits per heavy atom. The zero-order chi connectivity index (χ0) is 13.3. The Morgan fingerprint density at radius 1 is 1.39 bits per heavy atom. The molecule has 0 unspecified atom stereocenters. The Bertz CT molecular complexity index is 639. The highest BCUT2D eigenvalue weighted by Crippen LogP contribution is 2.25. The fourth-order valence-corrected chi connectivity index (χ4v) is 1.99. The van der Waals surface area contributed by atoms with Crippen LogP contribution >= 0.6 is 27.5 Å². The fourth-order valence-electron chi connectivity index (χ4n) is 1.44. The molecule has 18 heavy (non-hydrogen) atoms. The van der Waals surface area contributed by atoms with E-state index in [1.54, 1.807) is 12.3 Å².